The first-order valence-electron chi connectivity index (χ1n) is 5.94. The predicted octanol–water partition coefficient (Wildman–Crippen LogP) is 2.51. The Kier molecular flexibility index (Phi) is 6.42. The van der Waals surface area contributed by atoms with Gasteiger partial charge in [0, 0.05) is 18.2 Å². The van der Waals surface area contributed by atoms with E-state index in [1.54, 1.807) is 25.1 Å². The molecule has 2 unspecified atom stereocenters. The summed E-state index contributed by atoms with van der Waals surface area (Å²) in [6.45, 7) is 3.89. The van der Waals surface area contributed by atoms with Crippen LogP contribution in [0.5, 0.6) is 5.75 Å². The highest BCUT2D eigenvalue weighted by atomic mass is 35.5. The van der Waals surface area contributed by atoms with Gasteiger partial charge >= 0.3 is 0 Å². The molecule has 0 saturated carbocycles. The topological polar surface area (TPSA) is 58.6 Å². The molecule has 0 bridgehead atoms. The van der Waals surface area contributed by atoms with E-state index in [9.17, 15) is 4.79 Å². The lowest BCUT2D eigenvalue weighted by Gasteiger charge is -2.17. The third-order valence-corrected chi connectivity index (χ3v) is 3.03. The van der Waals surface area contributed by atoms with E-state index in [4.69, 9.17) is 33.0 Å². The number of aliphatic hydroxyl groups is 1. The van der Waals surface area contributed by atoms with Crippen molar-refractivity contribution in [1.82, 2.24) is 5.32 Å². The molecule has 1 aromatic carbocycles. The van der Waals surface area contributed by atoms with Crippen LogP contribution in [0.3, 0.4) is 0 Å². The van der Waals surface area contributed by atoms with Gasteiger partial charge in [-0.05, 0) is 31.0 Å². The van der Waals surface area contributed by atoms with Gasteiger partial charge < -0.3 is 15.2 Å². The van der Waals surface area contributed by atoms with Crippen molar-refractivity contribution in [3.63, 3.8) is 0 Å². The van der Waals surface area contributed by atoms with Gasteiger partial charge in [-0.25, -0.2) is 0 Å². The lowest BCUT2D eigenvalue weighted by atomic mass is 10.2. The monoisotopic (exact) mass is 305 g/mol. The van der Waals surface area contributed by atoms with Crippen molar-refractivity contribution in [1.29, 1.82) is 0 Å². The minimum absolute atomic E-state index is 0.00951. The molecule has 0 aliphatic heterocycles. The Bertz CT molecular complexity index is 440. The van der Waals surface area contributed by atoms with Gasteiger partial charge in [-0.2, -0.15) is 0 Å². The molecule has 106 valence electrons. The van der Waals surface area contributed by atoms with Crippen molar-refractivity contribution in [2.45, 2.75) is 20.0 Å². The Hall–Kier alpha value is -0.970. The second-order valence-electron chi connectivity index (χ2n) is 4.37. The number of nitrogens with one attached hydrogen (secondary N) is 1. The minimum atomic E-state index is -0.676. The zero-order valence-corrected chi connectivity index (χ0v) is 12.3. The standard InChI is InChI=1S/C13H17Cl2NO3/c1-8(7-17)6-16-13(18)9(2)19-12-4-3-10(14)5-11(12)15/h3-5,8-9,17H,6-7H2,1-2H3,(H,16,18). The quantitative estimate of drug-likeness (QED) is 0.849. The Morgan fingerprint density at radius 2 is 2.11 bits per heavy atom. The van der Waals surface area contributed by atoms with Gasteiger partial charge in [0.1, 0.15) is 5.75 Å². The smallest absolute Gasteiger partial charge is 0.260 e. The van der Waals surface area contributed by atoms with Crippen molar-refractivity contribution in [2.24, 2.45) is 5.92 Å². The maximum Gasteiger partial charge on any atom is 0.260 e. The van der Waals surface area contributed by atoms with E-state index < -0.39 is 6.10 Å². The molecule has 1 rings (SSSR count). The van der Waals surface area contributed by atoms with Crippen LogP contribution >= 0.6 is 23.2 Å². The third kappa shape index (κ3) is 5.27. The number of carbonyl (C=O) groups excluding carboxylic acids is 1. The molecule has 0 saturated heterocycles. The van der Waals surface area contributed by atoms with E-state index in [2.05, 4.69) is 5.32 Å². The highest BCUT2D eigenvalue weighted by molar-refractivity contribution is 6.35. The summed E-state index contributed by atoms with van der Waals surface area (Å²) < 4.78 is 5.46. The minimum Gasteiger partial charge on any atom is -0.479 e. The van der Waals surface area contributed by atoms with Crippen LogP contribution in [-0.4, -0.2) is 30.3 Å². The van der Waals surface area contributed by atoms with Gasteiger partial charge in [0.25, 0.3) is 5.91 Å². The van der Waals surface area contributed by atoms with E-state index in [0.29, 0.717) is 22.3 Å². The summed E-state index contributed by atoms with van der Waals surface area (Å²) in [4.78, 5) is 11.8. The molecular formula is C13H17Cl2NO3. The molecule has 1 amide bonds. The van der Waals surface area contributed by atoms with Gasteiger partial charge in [0.05, 0.1) is 5.02 Å². The van der Waals surface area contributed by atoms with Gasteiger partial charge in [-0.15, -0.1) is 0 Å². The van der Waals surface area contributed by atoms with Gasteiger partial charge in [-0.3, -0.25) is 4.79 Å². The fourth-order valence-electron chi connectivity index (χ4n) is 1.30. The molecule has 0 aromatic heterocycles. The normalized spacial score (nSPS) is 13.7. The summed E-state index contributed by atoms with van der Waals surface area (Å²) >= 11 is 11.7. The third-order valence-electron chi connectivity index (χ3n) is 2.50. The van der Waals surface area contributed by atoms with Crippen molar-refractivity contribution < 1.29 is 14.6 Å². The zero-order valence-electron chi connectivity index (χ0n) is 10.8. The van der Waals surface area contributed by atoms with Crippen LogP contribution in [0.2, 0.25) is 10.0 Å². The van der Waals surface area contributed by atoms with E-state index in [1.807, 2.05) is 6.92 Å². The van der Waals surface area contributed by atoms with Crippen LogP contribution in [-0.2, 0) is 4.79 Å². The first-order valence-corrected chi connectivity index (χ1v) is 6.70. The van der Waals surface area contributed by atoms with Crippen molar-refractivity contribution in [2.75, 3.05) is 13.2 Å². The summed E-state index contributed by atoms with van der Waals surface area (Å²) in [6, 6.07) is 4.81. The number of aliphatic hydroxyl groups excluding tert-OH is 1. The molecule has 0 aliphatic rings. The number of benzene rings is 1. The predicted molar refractivity (Wildman–Crippen MR) is 75.8 cm³/mol. The number of halogens is 2. The number of ether oxygens (including phenoxy) is 1. The molecule has 4 nitrogen and oxygen atoms in total. The summed E-state index contributed by atoms with van der Waals surface area (Å²) in [7, 11) is 0. The average molecular weight is 306 g/mol. The second kappa shape index (κ2) is 7.58. The van der Waals surface area contributed by atoms with Crippen molar-refractivity contribution in [3.8, 4) is 5.75 Å². The van der Waals surface area contributed by atoms with E-state index >= 15 is 0 Å². The molecule has 6 heteroatoms. The fourth-order valence-corrected chi connectivity index (χ4v) is 1.75. The van der Waals surface area contributed by atoms with E-state index in [0.717, 1.165) is 0 Å². The number of amides is 1. The van der Waals surface area contributed by atoms with Gasteiger partial charge in [0.15, 0.2) is 6.10 Å². The second-order valence-corrected chi connectivity index (χ2v) is 5.21. The number of rotatable bonds is 6. The molecule has 0 spiro atoms. The van der Waals surface area contributed by atoms with Crippen LogP contribution in [0.1, 0.15) is 13.8 Å². The molecule has 19 heavy (non-hydrogen) atoms. The summed E-state index contributed by atoms with van der Waals surface area (Å²) in [5, 5.41) is 12.4. The largest absolute Gasteiger partial charge is 0.479 e. The molecule has 0 aliphatic carbocycles. The number of hydrogen-bond acceptors (Lipinski definition) is 3. The molecule has 1 aromatic rings. The van der Waals surface area contributed by atoms with Crippen LogP contribution < -0.4 is 10.1 Å². The maximum absolute atomic E-state index is 11.8. The first kappa shape index (κ1) is 16.1. The Balaban J connectivity index is 2.54. The zero-order chi connectivity index (χ0) is 14.4. The van der Waals surface area contributed by atoms with E-state index in [-0.39, 0.29) is 18.4 Å². The number of hydrogen-bond donors (Lipinski definition) is 2. The number of carbonyl (C=O) groups is 1. The van der Waals surface area contributed by atoms with Crippen LogP contribution in [0, 0.1) is 5.92 Å². The van der Waals surface area contributed by atoms with Crippen LogP contribution in [0.25, 0.3) is 0 Å². The maximum atomic E-state index is 11.8. The lowest BCUT2D eigenvalue weighted by Crippen LogP contribution is -2.39. The Morgan fingerprint density at radius 3 is 2.68 bits per heavy atom. The van der Waals surface area contributed by atoms with Gasteiger partial charge in [0.2, 0.25) is 0 Å². The highest BCUT2D eigenvalue weighted by Crippen LogP contribution is 2.28. The Morgan fingerprint density at radius 1 is 1.42 bits per heavy atom. The van der Waals surface area contributed by atoms with Crippen LogP contribution in [0.15, 0.2) is 18.2 Å². The first-order chi connectivity index (χ1) is 8.93. The molecule has 0 fully saturated rings. The SMILES string of the molecule is CC(CO)CNC(=O)C(C)Oc1ccc(Cl)cc1Cl. The Labute approximate surface area is 122 Å². The molecular weight excluding hydrogens is 289 g/mol. The van der Waals surface area contributed by atoms with Crippen molar-refractivity contribution >= 4 is 29.1 Å². The van der Waals surface area contributed by atoms with Gasteiger partial charge in [-0.1, -0.05) is 30.1 Å². The van der Waals surface area contributed by atoms with E-state index in [1.165, 1.54) is 0 Å². The highest BCUT2D eigenvalue weighted by Gasteiger charge is 2.16. The summed E-state index contributed by atoms with van der Waals surface area (Å²) in [6.07, 6.45) is -0.676. The fraction of sp³-hybridized carbons (Fsp3) is 0.462. The van der Waals surface area contributed by atoms with Crippen LogP contribution in [0.4, 0.5) is 0 Å². The molecule has 2 N–H and O–H groups in total. The lowest BCUT2D eigenvalue weighted by molar-refractivity contribution is -0.127. The average Bonchev–Trinajstić information content (AvgIpc) is 2.38. The van der Waals surface area contributed by atoms with Crippen molar-refractivity contribution in [3.05, 3.63) is 28.2 Å². The summed E-state index contributed by atoms with van der Waals surface area (Å²) in [5.74, 6) is 0.158. The summed E-state index contributed by atoms with van der Waals surface area (Å²) in [5.41, 5.74) is 0. The molecule has 0 radical (unpaired) electrons. The molecule has 2 atom stereocenters. The molecule has 0 heterocycles.